The number of piperazine rings is 1. The van der Waals surface area contributed by atoms with E-state index in [0.717, 1.165) is 16.6 Å². The van der Waals surface area contributed by atoms with Gasteiger partial charge in [-0.05, 0) is 24.6 Å². The minimum absolute atomic E-state index is 0.140. The second-order valence-corrected chi connectivity index (χ2v) is 8.06. The molecule has 0 aliphatic carbocycles. The first-order valence-electron chi connectivity index (χ1n) is 11.5. The number of esters is 1. The fraction of sp³-hybridized carbons (Fsp3) is 0.360. The maximum atomic E-state index is 13.5. The van der Waals surface area contributed by atoms with Gasteiger partial charge in [0.05, 0.1) is 30.6 Å². The number of fused-ring (bicyclic) bond motifs is 1. The van der Waals surface area contributed by atoms with Crippen molar-refractivity contribution < 1.29 is 14.3 Å². The molecule has 2 aromatic carbocycles. The van der Waals surface area contributed by atoms with Gasteiger partial charge in [0.2, 0.25) is 0 Å². The van der Waals surface area contributed by atoms with Crippen LogP contribution in [0.1, 0.15) is 18.9 Å². The highest BCUT2D eigenvalue weighted by molar-refractivity contribution is 5.77. The van der Waals surface area contributed by atoms with Crippen molar-refractivity contribution in [3.8, 4) is 0 Å². The molecule has 4 rings (SSSR count). The molecule has 1 N–H and O–H groups in total. The Balaban J connectivity index is 1.46. The number of urea groups is 1. The van der Waals surface area contributed by atoms with Crippen molar-refractivity contribution in [3.05, 3.63) is 70.5 Å². The van der Waals surface area contributed by atoms with E-state index in [4.69, 9.17) is 4.74 Å². The lowest BCUT2D eigenvalue weighted by Gasteiger charge is -2.35. The summed E-state index contributed by atoms with van der Waals surface area (Å²) in [6.07, 6.45) is 0.140. The Labute approximate surface area is 197 Å². The number of anilines is 1. The highest BCUT2D eigenvalue weighted by Gasteiger charge is 2.25. The van der Waals surface area contributed by atoms with Crippen LogP contribution in [0.25, 0.3) is 11.0 Å². The first-order valence-corrected chi connectivity index (χ1v) is 11.5. The maximum absolute atomic E-state index is 13.5. The molecule has 3 aromatic rings. The van der Waals surface area contributed by atoms with E-state index in [9.17, 15) is 14.4 Å². The van der Waals surface area contributed by atoms with Crippen LogP contribution in [0.3, 0.4) is 0 Å². The number of aromatic nitrogens is 2. The van der Waals surface area contributed by atoms with Crippen molar-refractivity contribution in [1.29, 1.82) is 0 Å². The molecular formula is C25H29N5O4. The third-order valence-electron chi connectivity index (χ3n) is 5.80. The summed E-state index contributed by atoms with van der Waals surface area (Å²) < 4.78 is 6.64. The fourth-order valence-corrected chi connectivity index (χ4v) is 4.05. The van der Waals surface area contributed by atoms with Gasteiger partial charge < -0.3 is 19.9 Å². The lowest BCUT2D eigenvalue weighted by Crippen LogP contribution is -2.53. The number of carbonyl (C=O) groups excluding carboxylic acids is 2. The zero-order valence-corrected chi connectivity index (χ0v) is 19.3. The van der Waals surface area contributed by atoms with Gasteiger partial charge in [0.15, 0.2) is 5.82 Å². The van der Waals surface area contributed by atoms with Crippen molar-refractivity contribution in [2.24, 2.45) is 0 Å². The first-order chi connectivity index (χ1) is 16.6. The van der Waals surface area contributed by atoms with Crippen LogP contribution in [0.4, 0.5) is 10.6 Å². The number of hydrogen-bond acceptors (Lipinski definition) is 6. The van der Waals surface area contributed by atoms with E-state index in [1.165, 1.54) is 0 Å². The molecule has 0 spiro atoms. The predicted octanol–water partition coefficient (Wildman–Crippen LogP) is 2.23. The fourth-order valence-electron chi connectivity index (χ4n) is 4.05. The van der Waals surface area contributed by atoms with Crippen LogP contribution in [-0.2, 0) is 16.1 Å². The van der Waals surface area contributed by atoms with Crippen LogP contribution >= 0.6 is 0 Å². The summed E-state index contributed by atoms with van der Waals surface area (Å²) in [6, 6.07) is 17.3. The van der Waals surface area contributed by atoms with E-state index in [1.807, 2.05) is 59.5 Å². The average molecular weight is 464 g/mol. The normalized spacial score (nSPS) is 13.7. The molecule has 1 saturated heterocycles. The van der Waals surface area contributed by atoms with Crippen molar-refractivity contribution in [1.82, 2.24) is 19.8 Å². The van der Waals surface area contributed by atoms with Gasteiger partial charge in [0, 0.05) is 32.7 Å². The van der Waals surface area contributed by atoms with Crippen LogP contribution in [0, 0.1) is 0 Å². The third kappa shape index (κ3) is 5.36. The summed E-state index contributed by atoms with van der Waals surface area (Å²) in [5.74, 6) is 0.0683. The molecular weight excluding hydrogens is 434 g/mol. The van der Waals surface area contributed by atoms with Gasteiger partial charge in [-0.25, -0.2) is 9.78 Å². The molecule has 1 aliphatic rings. The van der Waals surface area contributed by atoms with Gasteiger partial charge >= 0.3 is 12.0 Å². The van der Waals surface area contributed by atoms with Crippen molar-refractivity contribution in [3.63, 3.8) is 0 Å². The van der Waals surface area contributed by atoms with Gasteiger partial charge in [0.1, 0.15) is 0 Å². The van der Waals surface area contributed by atoms with E-state index in [2.05, 4.69) is 10.3 Å². The second-order valence-electron chi connectivity index (χ2n) is 8.06. The van der Waals surface area contributed by atoms with Gasteiger partial charge in [-0.1, -0.05) is 42.5 Å². The number of nitrogens with one attached hydrogen (secondary N) is 1. The van der Waals surface area contributed by atoms with E-state index in [-0.39, 0.29) is 30.5 Å². The smallest absolute Gasteiger partial charge is 0.317 e. The Morgan fingerprint density at radius 3 is 2.44 bits per heavy atom. The van der Waals surface area contributed by atoms with E-state index in [1.54, 1.807) is 16.4 Å². The van der Waals surface area contributed by atoms with Crippen molar-refractivity contribution >= 4 is 28.9 Å². The summed E-state index contributed by atoms with van der Waals surface area (Å²) >= 11 is 0. The number of ether oxygens (including phenoxy) is 1. The van der Waals surface area contributed by atoms with Crippen LogP contribution in [-0.4, -0.2) is 65.8 Å². The van der Waals surface area contributed by atoms with Crippen LogP contribution in [0.5, 0.6) is 0 Å². The molecule has 0 bridgehead atoms. The van der Waals surface area contributed by atoms with Gasteiger partial charge in [-0.3, -0.25) is 14.2 Å². The second kappa shape index (κ2) is 10.8. The highest BCUT2D eigenvalue weighted by Crippen LogP contribution is 2.17. The quantitative estimate of drug-likeness (QED) is 0.540. The molecule has 2 amide bonds. The van der Waals surface area contributed by atoms with Crippen LogP contribution in [0.2, 0.25) is 0 Å². The lowest BCUT2D eigenvalue weighted by atomic mass is 10.2. The zero-order valence-electron chi connectivity index (χ0n) is 19.3. The Hall–Kier alpha value is -3.88. The zero-order chi connectivity index (χ0) is 23.9. The average Bonchev–Trinajstić information content (AvgIpc) is 2.86. The number of amides is 2. The molecule has 34 heavy (non-hydrogen) atoms. The number of hydrogen-bond donors (Lipinski definition) is 1. The molecule has 0 atom stereocenters. The number of rotatable bonds is 7. The minimum Gasteiger partial charge on any atom is -0.466 e. The Morgan fingerprint density at radius 1 is 1.00 bits per heavy atom. The molecule has 178 valence electrons. The Morgan fingerprint density at radius 2 is 1.71 bits per heavy atom. The summed E-state index contributed by atoms with van der Waals surface area (Å²) in [7, 11) is 0. The molecule has 2 heterocycles. The van der Waals surface area contributed by atoms with Crippen molar-refractivity contribution in [2.45, 2.75) is 19.9 Å². The predicted molar refractivity (Wildman–Crippen MR) is 130 cm³/mol. The molecule has 0 radical (unpaired) electrons. The molecule has 1 aromatic heterocycles. The minimum atomic E-state index is -0.332. The largest absolute Gasteiger partial charge is 0.466 e. The van der Waals surface area contributed by atoms with Gasteiger partial charge in [0.25, 0.3) is 5.56 Å². The summed E-state index contributed by atoms with van der Waals surface area (Å²) in [6.45, 7) is 4.67. The SMILES string of the molecule is CCOC(=O)CCNC(=O)N1CCN(c2nc3ccccc3n(Cc3ccccc3)c2=O)CC1. The molecule has 1 aliphatic heterocycles. The van der Waals surface area contributed by atoms with Crippen molar-refractivity contribution in [2.75, 3.05) is 44.2 Å². The van der Waals surface area contributed by atoms with Crippen LogP contribution < -0.4 is 15.8 Å². The number of nitrogens with zero attached hydrogens (tertiary/aromatic N) is 4. The summed E-state index contributed by atoms with van der Waals surface area (Å²) in [5.41, 5.74) is 2.44. The summed E-state index contributed by atoms with van der Waals surface area (Å²) in [4.78, 5) is 45.7. The number of para-hydroxylation sites is 2. The highest BCUT2D eigenvalue weighted by atomic mass is 16.5. The Bertz CT molecular complexity index is 1200. The summed E-state index contributed by atoms with van der Waals surface area (Å²) in [5, 5.41) is 2.75. The van der Waals surface area contributed by atoms with Crippen LogP contribution in [0.15, 0.2) is 59.4 Å². The molecule has 1 fully saturated rings. The molecule has 9 nitrogen and oxygen atoms in total. The Kier molecular flexibility index (Phi) is 7.41. The monoisotopic (exact) mass is 463 g/mol. The number of carbonyl (C=O) groups is 2. The van der Waals surface area contributed by atoms with E-state index < -0.39 is 0 Å². The maximum Gasteiger partial charge on any atom is 0.317 e. The molecule has 9 heteroatoms. The standard InChI is InChI=1S/C25H29N5O4/c1-2-34-22(31)12-13-26-25(33)29-16-14-28(15-17-29)23-24(32)30(18-19-8-4-3-5-9-19)21-11-7-6-10-20(21)27-23/h3-11H,2,12-18H2,1H3,(H,26,33). The topological polar surface area (TPSA) is 96.8 Å². The molecule has 0 saturated carbocycles. The number of benzene rings is 2. The first kappa shape index (κ1) is 23.3. The van der Waals surface area contributed by atoms with E-state index >= 15 is 0 Å². The third-order valence-corrected chi connectivity index (χ3v) is 5.80. The lowest BCUT2D eigenvalue weighted by molar-refractivity contribution is -0.142. The van der Waals surface area contributed by atoms with Gasteiger partial charge in [-0.15, -0.1) is 0 Å². The van der Waals surface area contributed by atoms with Gasteiger partial charge in [-0.2, -0.15) is 0 Å². The molecule has 0 unspecified atom stereocenters. The van der Waals surface area contributed by atoms with E-state index in [0.29, 0.717) is 45.1 Å².